The molecule has 1 aliphatic carbocycles. The molecule has 0 unspecified atom stereocenters. The quantitative estimate of drug-likeness (QED) is 0.768. The summed E-state index contributed by atoms with van der Waals surface area (Å²) in [5, 5.41) is 14.0. The van der Waals surface area contributed by atoms with Gasteiger partial charge in [-0.05, 0) is 51.7 Å². The van der Waals surface area contributed by atoms with Crippen LogP contribution < -0.4 is 5.32 Å². The fraction of sp³-hybridized carbons (Fsp3) is 1.00. The molecular weight excluding hydrogens is 212 g/mol. The Balaban J connectivity index is 1.68. The molecule has 1 heterocycles. The van der Waals surface area contributed by atoms with Crippen LogP contribution in [0.4, 0.5) is 0 Å². The zero-order valence-corrected chi connectivity index (χ0v) is 11.2. The molecule has 0 amide bonds. The van der Waals surface area contributed by atoms with Crippen LogP contribution in [-0.2, 0) is 0 Å². The molecule has 0 aromatic carbocycles. The molecule has 1 saturated heterocycles. The van der Waals surface area contributed by atoms with Crippen LogP contribution in [0.5, 0.6) is 0 Å². The Hall–Kier alpha value is -0.120. The summed E-state index contributed by atoms with van der Waals surface area (Å²) in [7, 11) is 0. The maximum Gasteiger partial charge on any atom is 0.0774 e. The van der Waals surface area contributed by atoms with Gasteiger partial charge in [0.15, 0.2) is 0 Å². The van der Waals surface area contributed by atoms with Crippen LogP contribution in [0.1, 0.15) is 51.9 Å². The maximum atomic E-state index is 10.4. The molecule has 3 heteroatoms. The lowest BCUT2D eigenvalue weighted by Gasteiger charge is -2.36. The Bertz CT molecular complexity index is 218. The maximum absolute atomic E-state index is 10.4. The second-order valence-electron chi connectivity index (χ2n) is 5.94. The zero-order chi connectivity index (χ0) is 12.1. The number of hydrogen-bond acceptors (Lipinski definition) is 3. The van der Waals surface area contributed by atoms with Gasteiger partial charge in [-0.2, -0.15) is 0 Å². The predicted octanol–water partition coefficient (Wildman–Crippen LogP) is 1.76. The summed E-state index contributed by atoms with van der Waals surface area (Å²) in [5.41, 5.74) is -0.357. The SMILES string of the molecule is CCCNC1CCN(CC2(O)CCCC2)CC1. The number of β-amino-alcohol motifs (C(OH)–C–C–N with tert-alkyl or cyclic N) is 1. The molecule has 1 saturated carbocycles. The Morgan fingerprint density at radius 2 is 1.88 bits per heavy atom. The summed E-state index contributed by atoms with van der Waals surface area (Å²) in [4.78, 5) is 2.47. The summed E-state index contributed by atoms with van der Waals surface area (Å²) >= 11 is 0. The van der Waals surface area contributed by atoms with E-state index in [-0.39, 0.29) is 5.60 Å². The minimum atomic E-state index is -0.357. The highest BCUT2D eigenvalue weighted by atomic mass is 16.3. The molecule has 0 spiro atoms. The van der Waals surface area contributed by atoms with Crippen LogP contribution >= 0.6 is 0 Å². The van der Waals surface area contributed by atoms with Crippen molar-refractivity contribution in [1.29, 1.82) is 0 Å². The first-order valence-corrected chi connectivity index (χ1v) is 7.40. The van der Waals surface area contributed by atoms with E-state index in [1.807, 2.05) is 0 Å². The van der Waals surface area contributed by atoms with Crippen molar-refractivity contribution in [2.24, 2.45) is 0 Å². The highest BCUT2D eigenvalue weighted by molar-refractivity contribution is 4.89. The highest BCUT2D eigenvalue weighted by Crippen LogP contribution is 2.30. The van der Waals surface area contributed by atoms with Gasteiger partial charge in [-0.15, -0.1) is 0 Å². The standard InChI is InChI=1S/C14H28N2O/c1-2-9-15-13-5-10-16(11-6-13)12-14(17)7-3-4-8-14/h13,15,17H,2-12H2,1H3. The zero-order valence-electron chi connectivity index (χ0n) is 11.2. The van der Waals surface area contributed by atoms with Gasteiger partial charge in [0.05, 0.1) is 5.60 Å². The molecule has 100 valence electrons. The molecule has 1 aliphatic heterocycles. The fourth-order valence-corrected chi connectivity index (χ4v) is 3.25. The number of aliphatic hydroxyl groups is 1. The monoisotopic (exact) mass is 240 g/mol. The van der Waals surface area contributed by atoms with Crippen molar-refractivity contribution < 1.29 is 5.11 Å². The molecule has 17 heavy (non-hydrogen) atoms. The molecule has 0 atom stereocenters. The molecule has 0 aromatic rings. The van der Waals surface area contributed by atoms with Gasteiger partial charge in [0.1, 0.15) is 0 Å². The van der Waals surface area contributed by atoms with E-state index in [1.54, 1.807) is 0 Å². The van der Waals surface area contributed by atoms with E-state index in [4.69, 9.17) is 0 Å². The van der Waals surface area contributed by atoms with E-state index < -0.39 is 0 Å². The van der Waals surface area contributed by atoms with Gasteiger partial charge in [0.25, 0.3) is 0 Å². The molecule has 0 aromatic heterocycles. The van der Waals surface area contributed by atoms with E-state index in [0.717, 1.165) is 39.0 Å². The second kappa shape index (κ2) is 6.17. The van der Waals surface area contributed by atoms with Crippen molar-refractivity contribution in [2.45, 2.75) is 63.5 Å². The third-order valence-electron chi connectivity index (χ3n) is 4.32. The minimum absolute atomic E-state index is 0.357. The first kappa shape index (κ1) is 13.3. The molecule has 2 fully saturated rings. The average Bonchev–Trinajstić information content (AvgIpc) is 2.75. The van der Waals surface area contributed by atoms with Crippen molar-refractivity contribution >= 4 is 0 Å². The van der Waals surface area contributed by atoms with E-state index in [1.165, 1.54) is 32.1 Å². The Morgan fingerprint density at radius 1 is 1.24 bits per heavy atom. The number of hydrogen-bond donors (Lipinski definition) is 2. The highest BCUT2D eigenvalue weighted by Gasteiger charge is 2.33. The van der Waals surface area contributed by atoms with Gasteiger partial charge in [0.2, 0.25) is 0 Å². The fourth-order valence-electron chi connectivity index (χ4n) is 3.25. The number of likely N-dealkylation sites (tertiary alicyclic amines) is 1. The molecule has 2 aliphatic rings. The van der Waals surface area contributed by atoms with E-state index >= 15 is 0 Å². The topological polar surface area (TPSA) is 35.5 Å². The number of nitrogens with zero attached hydrogens (tertiary/aromatic N) is 1. The lowest BCUT2D eigenvalue weighted by atomic mass is 9.98. The Morgan fingerprint density at radius 3 is 2.47 bits per heavy atom. The normalized spacial score (nSPS) is 26.5. The molecule has 2 rings (SSSR count). The number of piperidine rings is 1. The summed E-state index contributed by atoms with van der Waals surface area (Å²) in [5.74, 6) is 0. The Labute approximate surface area is 106 Å². The van der Waals surface area contributed by atoms with Crippen LogP contribution in [-0.4, -0.2) is 47.8 Å². The first-order chi connectivity index (χ1) is 8.22. The summed E-state index contributed by atoms with van der Waals surface area (Å²) in [6.07, 6.45) is 8.17. The van der Waals surface area contributed by atoms with Crippen LogP contribution in [0.3, 0.4) is 0 Å². The summed E-state index contributed by atoms with van der Waals surface area (Å²) in [6.45, 7) is 6.59. The molecular formula is C14H28N2O. The third-order valence-corrected chi connectivity index (χ3v) is 4.32. The van der Waals surface area contributed by atoms with Gasteiger partial charge in [-0.3, -0.25) is 0 Å². The molecule has 0 bridgehead atoms. The first-order valence-electron chi connectivity index (χ1n) is 7.40. The van der Waals surface area contributed by atoms with Gasteiger partial charge < -0.3 is 15.3 Å². The van der Waals surface area contributed by atoms with Crippen LogP contribution in [0.2, 0.25) is 0 Å². The van der Waals surface area contributed by atoms with E-state index in [9.17, 15) is 5.11 Å². The van der Waals surface area contributed by atoms with Crippen molar-refractivity contribution in [1.82, 2.24) is 10.2 Å². The predicted molar refractivity (Wildman–Crippen MR) is 71.2 cm³/mol. The van der Waals surface area contributed by atoms with Crippen molar-refractivity contribution in [2.75, 3.05) is 26.2 Å². The van der Waals surface area contributed by atoms with Crippen molar-refractivity contribution in [3.05, 3.63) is 0 Å². The van der Waals surface area contributed by atoms with Gasteiger partial charge >= 0.3 is 0 Å². The summed E-state index contributed by atoms with van der Waals surface area (Å²) < 4.78 is 0. The Kier molecular flexibility index (Phi) is 4.83. The average molecular weight is 240 g/mol. The van der Waals surface area contributed by atoms with E-state index in [2.05, 4.69) is 17.1 Å². The van der Waals surface area contributed by atoms with Gasteiger partial charge in [-0.25, -0.2) is 0 Å². The lowest BCUT2D eigenvalue weighted by molar-refractivity contribution is 0.00213. The molecule has 3 nitrogen and oxygen atoms in total. The molecule has 2 N–H and O–H groups in total. The lowest BCUT2D eigenvalue weighted by Crippen LogP contribution is -2.48. The number of nitrogens with one attached hydrogen (secondary N) is 1. The second-order valence-corrected chi connectivity index (χ2v) is 5.94. The van der Waals surface area contributed by atoms with Crippen LogP contribution in [0.15, 0.2) is 0 Å². The third kappa shape index (κ3) is 3.94. The van der Waals surface area contributed by atoms with Gasteiger partial charge in [0, 0.05) is 12.6 Å². The minimum Gasteiger partial charge on any atom is -0.389 e. The summed E-state index contributed by atoms with van der Waals surface area (Å²) in [6, 6.07) is 0.712. The smallest absolute Gasteiger partial charge is 0.0774 e. The largest absolute Gasteiger partial charge is 0.389 e. The van der Waals surface area contributed by atoms with Crippen LogP contribution in [0.25, 0.3) is 0 Å². The van der Waals surface area contributed by atoms with Crippen molar-refractivity contribution in [3.8, 4) is 0 Å². The van der Waals surface area contributed by atoms with E-state index in [0.29, 0.717) is 6.04 Å². The number of rotatable bonds is 5. The van der Waals surface area contributed by atoms with Crippen LogP contribution in [0, 0.1) is 0 Å². The van der Waals surface area contributed by atoms with Crippen molar-refractivity contribution in [3.63, 3.8) is 0 Å². The van der Waals surface area contributed by atoms with Gasteiger partial charge in [-0.1, -0.05) is 19.8 Å². The molecule has 0 radical (unpaired) electrons.